The molecule has 0 bridgehead atoms. The molecular weight excluding hydrogens is 670 g/mol. The van der Waals surface area contributed by atoms with Crippen LogP contribution in [0, 0.1) is 0 Å². The zero-order valence-corrected chi connectivity index (χ0v) is 26.6. The molecule has 0 radical (unpaired) electrons. The Morgan fingerprint density at radius 1 is 0.600 bits per heavy atom. The predicted molar refractivity (Wildman–Crippen MR) is 164 cm³/mol. The maximum absolute atomic E-state index is 13.3. The van der Waals surface area contributed by atoms with Gasteiger partial charge in [0, 0.05) is 5.69 Å². The first-order valence-electron chi connectivity index (χ1n) is 15.9. The number of hydrogen-bond donors (Lipinski definition) is 10. The monoisotopic (exact) mass is 713 g/mol. The number of nitrogen functional groups attached to an aromatic ring is 1. The summed E-state index contributed by atoms with van der Waals surface area (Å²) in [5.41, 5.74) is 6.58. The Kier molecular flexibility index (Phi) is 13.1. The van der Waals surface area contributed by atoms with Crippen LogP contribution in [0.3, 0.4) is 0 Å². The van der Waals surface area contributed by atoms with Crippen LogP contribution in [0.2, 0.25) is 0 Å². The van der Waals surface area contributed by atoms with Crippen molar-refractivity contribution in [3.05, 3.63) is 65.7 Å². The highest BCUT2D eigenvalue weighted by molar-refractivity contribution is 5.95. The van der Waals surface area contributed by atoms with E-state index in [9.17, 15) is 50.8 Å². The molecule has 0 amide bonds. The third kappa shape index (κ3) is 8.26. The summed E-state index contributed by atoms with van der Waals surface area (Å²) in [6.07, 6.45) is -25.4. The Labute approximate surface area is 285 Å². The quantitative estimate of drug-likeness (QED) is 0.0743. The normalized spacial score (nSPS) is 39.2. The van der Waals surface area contributed by atoms with Gasteiger partial charge < -0.3 is 84.9 Å². The van der Waals surface area contributed by atoms with Gasteiger partial charge in [-0.05, 0) is 17.7 Å². The van der Waals surface area contributed by atoms with Crippen LogP contribution in [0.4, 0.5) is 5.69 Å². The Morgan fingerprint density at radius 3 is 1.78 bits per heavy atom. The lowest BCUT2D eigenvalue weighted by atomic mass is 9.95. The zero-order chi connectivity index (χ0) is 36.1. The molecule has 278 valence electrons. The summed E-state index contributed by atoms with van der Waals surface area (Å²) in [5.74, 6) is -1.06. The molecule has 5 rings (SSSR count). The molecule has 3 fully saturated rings. The highest BCUT2D eigenvalue weighted by Crippen LogP contribution is 2.34. The lowest BCUT2D eigenvalue weighted by Gasteiger charge is -2.48. The molecular formula is C32H43NO17. The Hall–Kier alpha value is -2.89. The average molecular weight is 714 g/mol. The predicted octanol–water partition coefficient (Wildman–Crippen LogP) is -3.90. The van der Waals surface area contributed by atoms with Gasteiger partial charge in [0.15, 0.2) is 25.0 Å². The standard InChI is InChI=1S/C32H43NO17/c33-16-9-5-4-8-15(16)29(43)48-28-25(42)27(49-31-23(40)21(38)20(37)17(10-34)45-31)19(12-36)47-32(28)50-26-18(11-35)46-30(24(41)22(26)39)44-13-14-6-2-1-3-7-14/h1-9,17-28,30-32,34-42H,10-13,33H2/t17-,18-,19-,20-,21+,22-,23-,24-,25+,26-,27-,28-,30-,31-,32-/m1/s1. The van der Waals surface area contributed by atoms with Crippen molar-refractivity contribution in [2.75, 3.05) is 25.6 Å². The topological polar surface area (TPSA) is 290 Å². The first-order valence-corrected chi connectivity index (χ1v) is 15.9. The number of anilines is 1. The van der Waals surface area contributed by atoms with Crippen LogP contribution >= 0.6 is 0 Å². The second-order valence-corrected chi connectivity index (χ2v) is 12.1. The summed E-state index contributed by atoms with van der Waals surface area (Å²) in [6.45, 7) is -2.43. The molecule has 3 aliphatic rings. The van der Waals surface area contributed by atoms with Crippen LogP contribution in [0.5, 0.6) is 0 Å². The zero-order valence-electron chi connectivity index (χ0n) is 26.6. The molecule has 3 heterocycles. The number of esters is 1. The lowest BCUT2D eigenvalue weighted by Crippen LogP contribution is -2.67. The molecule has 0 unspecified atom stereocenters. The van der Waals surface area contributed by atoms with Crippen molar-refractivity contribution in [2.45, 2.75) is 98.7 Å². The number of benzene rings is 2. The van der Waals surface area contributed by atoms with E-state index in [0.717, 1.165) is 5.56 Å². The van der Waals surface area contributed by atoms with Gasteiger partial charge in [-0.25, -0.2) is 4.79 Å². The molecule has 2 aromatic carbocycles. The van der Waals surface area contributed by atoms with Gasteiger partial charge >= 0.3 is 5.97 Å². The minimum atomic E-state index is -1.96. The van der Waals surface area contributed by atoms with Gasteiger partial charge in [0.2, 0.25) is 0 Å². The fourth-order valence-corrected chi connectivity index (χ4v) is 5.92. The summed E-state index contributed by atoms with van der Waals surface area (Å²) < 4.78 is 39.9. The molecule has 3 saturated heterocycles. The van der Waals surface area contributed by atoms with Crippen molar-refractivity contribution in [3.63, 3.8) is 0 Å². The van der Waals surface area contributed by atoms with E-state index in [1.54, 1.807) is 36.4 Å². The van der Waals surface area contributed by atoms with Crippen LogP contribution in [0.15, 0.2) is 54.6 Å². The molecule has 18 heteroatoms. The highest BCUT2D eigenvalue weighted by Gasteiger charge is 2.55. The fraction of sp³-hybridized carbons (Fsp3) is 0.594. The van der Waals surface area contributed by atoms with Gasteiger partial charge in [0.1, 0.15) is 67.1 Å². The minimum absolute atomic E-state index is 0.00839. The summed E-state index contributed by atoms with van der Waals surface area (Å²) in [5, 5.41) is 94.6. The molecule has 50 heavy (non-hydrogen) atoms. The van der Waals surface area contributed by atoms with Crippen LogP contribution in [0.25, 0.3) is 0 Å². The van der Waals surface area contributed by atoms with Crippen molar-refractivity contribution < 1.29 is 83.9 Å². The third-order valence-electron chi connectivity index (χ3n) is 8.73. The van der Waals surface area contributed by atoms with Gasteiger partial charge in [-0.2, -0.15) is 0 Å². The van der Waals surface area contributed by atoms with E-state index >= 15 is 0 Å². The first kappa shape index (κ1) is 38.3. The molecule has 0 saturated carbocycles. The van der Waals surface area contributed by atoms with Crippen LogP contribution in [-0.4, -0.2) is 164 Å². The number of ether oxygens (including phenoxy) is 7. The van der Waals surface area contributed by atoms with Crippen molar-refractivity contribution in [1.29, 1.82) is 0 Å². The smallest absolute Gasteiger partial charge is 0.340 e. The number of aliphatic hydroxyl groups excluding tert-OH is 9. The van der Waals surface area contributed by atoms with E-state index in [0.29, 0.717) is 0 Å². The number of para-hydroxylation sites is 1. The molecule has 11 N–H and O–H groups in total. The molecule has 2 aromatic rings. The van der Waals surface area contributed by atoms with Crippen molar-refractivity contribution in [1.82, 2.24) is 0 Å². The molecule has 18 nitrogen and oxygen atoms in total. The van der Waals surface area contributed by atoms with E-state index in [1.165, 1.54) is 18.2 Å². The Morgan fingerprint density at radius 2 is 1.14 bits per heavy atom. The number of carbonyl (C=O) groups is 1. The largest absolute Gasteiger partial charge is 0.450 e. The van der Waals surface area contributed by atoms with Gasteiger partial charge in [0.25, 0.3) is 0 Å². The maximum atomic E-state index is 13.3. The Balaban J connectivity index is 1.38. The molecule has 15 atom stereocenters. The number of nitrogens with two attached hydrogens (primary N) is 1. The molecule has 0 spiro atoms. The summed E-state index contributed by atoms with van der Waals surface area (Å²) >= 11 is 0. The summed E-state index contributed by atoms with van der Waals surface area (Å²) in [4.78, 5) is 13.3. The van der Waals surface area contributed by atoms with E-state index in [1.807, 2.05) is 0 Å². The van der Waals surface area contributed by atoms with E-state index in [4.69, 9.17) is 38.9 Å². The molecule has 0 aliphatic carbocycles. The van der Waals surface area contributed by atoms with Gasteiger partial charge in [-0.3, -0.25) is 0 Å². The second-order valence-electron chi connectivity index (χ2n) is 12.1. The second kappa shape index (κ2) is 17.1. The van der Waals surface area contributed by atoms with Gasteiger partial charge in [0.05, 0.1) is 32.0 Å². The fourth-order valence-electron chi connectivity index (χ4n) is 5.92. The van der Waals surface area contributed by atoms with Crippen LogP contribution in [-0.2, 0) is 39.8 Å². The first-order chi connectivity index (χ1) is 24.0. The van der Waals surface area contributed by atoms with Crippen molar-refractivity contribution in [3.8, 4) is 0 Å². The molecule has 3 aliphatic heterocycles. The number of rotatable bonds is 12. The number of aliphatic hydroxyl groups is 9. The minimum Gasteiger partial charge on any atom is -0.450 e. The summed E-state index contributed by atoms with van der Waals surface area (Å²) in [7, 11) is 0. The average Bonchev–Trinajstić information content (AvgIpc) is 3.12. The SMILES string of the molecule is Nc1ccccc1C(=O)O[C@H]1[C@@H](O[C@H]2[C@H](O)[C@@H](O)[C@H](OCc3ccccc3)O[C@@H]2CO)O[C@H](CO)[C@@H](O[C@H]2O[C@H](CO)[C@@H](O)[C@H](O)[C@H]2O)[C@@H]1O. The third-order valence-corrected chi connectivity index (χ3v) is 8.73. The number of carbonyl (C=O) groups excluding carboxylic acids is 1. The van der Waals surface area contributed by atoms with E-state index < -0.39 is 118 Å². The van der Waals surface area contributed by atoms with Gasteiger partial charge in [-0.1, -0.05) is 42.5 Å². The van der Waals surface area contributed by atoms with E-state index in [2.05, 4.69) is 0 Å². The van der Waals surface area contributed by atoms with Crippen molar-refractivity contribution >= 4 is 11.7 Å². The Bertz CT molecular complexity index is 1370. The van der Waals surface area contributed by atoms with Crippen LogP contribution < -0.4 is 5.73 Å². The summed E-state index contributed by atoms with van der Waals surface area (Å²) in [6, 6.07) is 14.7. The van der Waals surface area contributed by atoms with Crippen LogP contribution in [0.1, 0.15) is 15.9 Å². The lowest BCUT2D eigenvalue weighted by molar-refractivity contribution is -0.379. The maximum Gasteiger partial charge on any atom is 0.340 e. The van der Waals surface area contributed by atoms with E-state index in [-0.39, 0.29) is 17.9 Å². The van der Waals surface area contributed by atoms with Gasteiger partial charge in [-0.15, -0.1) is 0 Å². The number of hydrogen-bond acceptors (Lipinski definition) is 18. The molecule has 0 aromatic heterocycles. The van der Waals surface area contributed by atoms with Crippen molar-refractivity contribution in [2.24, 2.45) is 0 Å². The highest BCUT2D eigenvalue weighted by atomic mass is 16.8.